The van der Waals surface area contributed by atoms with Crippen LogP contribution in [0.4, 0.5) is 48.3 Å². The van der Waals surface area contributed by atoms with Crippen molar-refractivity contribution in [3.8, 4) is 0 Å². The molecule has 0 aliphatic rings. The van der Waals surface area contributed by atoms with Gasteiger partial charge in [-0.15, -0.1) is 0 Å². The summed E-state index contributed by atoms with van der Waals surface area (Å²) in [5.74, 6) is -27.9. The Labute approximate surface area is 162 Å². The third-order valence-corrected chi connectivity index (χ3v) is 3.37. The number of esters is 2. The van der Waals surface area contributed by atoms with Crippen molar-refractivity contribution in [1.29, 1.82) is 0 Å². The molecule has 0 heterocycles. The molecule has 0 rings (SSSR count). The Morgan fingerprint density at radius 1 is 0.900 bits per heavy atom. The molecule has 0 saturated heterocycles. The zero-order valence-electron chi connectivity index (χ0n) is 15.2. The van der Waals surface area contributed by atoms with Crippen molar-refractivity contribution in [2.75, 3.05) is 6.61 Å². The molecule has 15 heteroatoms. The van der Waals surface area contributed by atoms with Gasteiger partial charge in [0.15, 0.2) is 0 Å². The Kier molecular flexibility index (Phi) is 8.33. The third-order valence-electron chi connectivity index (χ3n) is 3.37. The Morgan fingerprint density at radius 3 is 1.73 bits per heavy atom. The molecule has 0 aliphatic carbocycles. The molecule has 0 aliphatic heterocycles. The van der Waals surface area contributed by atoms with Crippen LogP contribution in [-0.2, 0) is 19.1 Å². The van der Waals surface area contributed by atoms with Crippen molar-refractivity contribution in [3.63, 3.8) is 0 Å². The lowest BCUT2D eigenvalue weighted by Gasteiger charge is -2.34. The van der Waals surface area contributed by atoms with Crippen LogP contribution in [0.1, 0.15) is 26.7 Å². The highest BCUT2D eigenvalue weighted by atomic mass is 19.4. The normalized spacial score (nSPS) is 14.8. The molecular weight excluding hydrogens is 453 g/mol. The van der Waals surface area contributed by atoms with Crippen LogP contribution >= 0.6 is 0 Å². The van der Waals surface area contributed by atoms with Crippen LogP contribution in [0.3, 0.4) is 0 Å². The lowest BCUT2D eigenvalue weighted by Crippen LogP contribution is -2.61. The predicted molar refractivity (Wildman–Crippen MR) is 76.4 cm³/mol. The van der Waals surface area contributed by atoms with Gasteiger partial charge in [-0.2, -0.15) is 48.3 Å². The summed E-state index contributed by atoms with van der Waals surface area (Å²) in [5, 5.41) is 0. The molecule has 0 aromatic rings. The highest BCUT2D eigenvalue weighted by Gasteiger charge is 2.81. The van der Waals surface area contributed by atoms with E-state index in [1.807, 2.05) is 0 Å². The molecule has 0 N–H and O–H groups in total. The van der Waals surface area contributed by atoms with Gasteiger partial charge in [0.25, 0.3) is 0 Å². The molecule has 0 spiro atoms. The van der Waals surface area contributed by atoms with Crippen molar-refractivity contribution in [3.05, 3.63) is 12.2 Å². The molecule has 1 atom stereocenters. The lowest BCUT2D eigenvalue weighted by atomic mass is 9.98. The Morgan fingerprint density at radius 2 is 1.37 bits per heavy atom. The van der Waals surface area contributed by atoms with E-state index in [0.29, 0.717) is 0 Å². The minimum absolute atomic E-state index is 0.00106. The Hall–Kier alpha value is -2.09. The van der Waals surface area contributed by atoms with E-state index in [1.54, 1.807) is 0 Å². The maximum atomic E-state index is 13.5. The first-order chi connectivity index (χ1) is 13.1. The van der Waals surface area contributed by atoms with Gasteiger partial charge in [0.1, 0.15) is 12.7 Å². The molecule has 0 aromatic heterocycles. The summed E-state index contributed by atoms with van der Waals surface area (Å²) in [4.78, 5) is 22.4. The van der Waals surface area contributed by atoms with E-state index in [2.05, 4.69) is 16.1 Å². The van der Waals surface area contributed by atoms with E-state index in [0.717, 1.165) is 6.92 Å². The van der Waals surface area contributed by atoms with Crippen molar-refractivity contribution >= 4 is 11.9 Å². The third kappa shape index (κ3) is 6.45. The summed E-state index contributed by atoms with van der Waals surface area (Å²) in [6.45, 7) is 2.90. The van der Waals surface area contributed by atoms with Crippen LogP contribution in [0.25, 0.3) is 0 Å². The van der Waals surface area contributed by atoms with Crippen LogP contribution in [0.5, 0.6) is 0 Å². The van der Waals surface area contributed by atoms with E-state index in [4.69, 9.17) is 0 Å². The summed E-state index contributed by atoms with van der Waals surface area (Å²) >= 11 is 0. The van der Waals surface area contributed by atoms with Gasteiger partial charge in [-0.25, -0.2) is 9.59 Å². The fourth-order valence-electron chi connectivity index (χ4n) is 1.63. The molecule has 176 valence electrons. The van der Waals surface area contributed by atoms with Crippen LogP contribution < -0.4 is 0 Å². The van der Waals surface area contributed by atoms with Gasteiger partial charge in [-0.1, -0.05) is 6.58 Å². The highest BCUT2D eigenvalue weighted by molar-refractivity contribution is 5.86. The second-order valence-electron chi connectivity index (χ2n) is 6.18. The van der Waals surface area contributed by atoms with Gasteiger partial charge in [0.05, 0.1) is 0 Å². The second-order valence-corrected chi connectivity index (χ2v) is 6.18. The van der Waals surface area contributed by atoms with Crippen LogP contribution in [0.15, 0.2) is 12.2 Å². The molecular formula is C15H15F11O4. The number of carbonyl (C=O) groups excluding carboxylic acids is 2. The zero-order valence-corrected chi connectivity index (χ0v) is 15.2. The number of ether oxygens (including phenoxy) is 2. The molecule has 0 amide bonds. The van der Waals surface area contributed by atoms with Crippen molar-refractivity contribution < 1.29 is 67.4 Å². The summed E-state index contributed by atoms with van der Waals surface area (Å²) in [6.07, 6.45) is -13.4. The minimum atomic E-state index is -7.14. The highest BCUT2D eigenvalue weighted by Crippen LogP contribution is 2.54. The zero-order chi connectivity index (χ0) is 24.3. The summed E-state index contributed by atoms with van der Waals surface area (Å²) in [6, 6.07) is 0. The first-order valence-electron chi connectivity index (χ1n) is 7.69. The quantitative estimate of drug-likeness (QED) is 0.260. The Bertz CT molecular complexity index is 650. The second kappa shape index (κ2) is 8.96. The summed E-state index contributed by atoms with van der Waals surface area (Å²) in [5.41, 5.74) is -0.303. The number of carbonyl (C=O) groups is 2. The first-order valence-corrected chi connectivity index (χ1v) is 7.69. The number of halogens is 11. The summed E-state index contributed by atoms with van der Waals surface area (Å²) in [7, 11) is 0. The lowest BCUT2D eigenvalue weighted by molar-refractivity contribution is -0.397. The average Bonchev–Trinajstić information content (AvgIpc) is 2.54. The fraction of sp³-hybridized carbons (Fsp3) is 0.733. The molecule has 0 aromatic carbocycles. The van der Waals surface area contributed by atoms with Crippen molar-refractivity contribution in [1.82, 2.24) is 0 Å². The van der Waals surface area contributed by atoms with Gasteiger partial charge in [-0.05, 0) is 13.3 Å². The smallest absolute Gasteiger partial charge is 0.458 e. The van der Waals surface area contributed by atoms with Crippen LogP contribution in [0, 0.1) is 0 Å². The van der Waals surface area contributed by atoms with E-state index >= 15 is 0 Å². The molecule has 4 nitrogen and oxygen atoms in total. The largest absolute Gasteiger partial charge is 0.460 e. The molecule has 30 heavy (non-hydrogen) atoms. The van der Waals surface area contributed by atoms with Crippen LogP contribution in [0.2, 0.25) is 0 Å². The fourth-order valence-corrected chi connectivity index (χ4v) is 1.63. The van der Waals surface area contributed by atoms with E-state index in [9.17, 15) is 57.9 Å². The molecule has 0 radical (unpaired) electrons. The number of alkyl halides is 11. The monoisotopic (exact) mass is 468 g/mol. The Balaban J connectivity index is 5.54. The molecule has 1 unspecified atom stereocenters. The summed E-state index contributed by atoms with van der Waals surface area (Å²) < 4.78 is 150. The maximum absolute atomic E-state index is 13.5. The van der Waals surface area contributed by atoms with E-state index in [1.165, 1.54) is 0 Å². The van der Waals surface area contributed by atoms with Gasteiger partial charge in [-0.3, -0.25) is 0 Å². The SMILES string of the molecule is C=C(C)C(=O)OCC(CCC(F)(F)C(F)(F)C(F)(F)C(F)(F)F)OC(=O)C(C)(F)F. The van der Waals surface area contributed by atoms with Gasteiger partial charge >= 0.3 is 41.8 Å². The van der Waals surface area contributed by atoms with E-state index in [-0.39, 0.29) is 12.5 Å². The van der Waals surface area contributed by atoms with E-state index < -0.39 is 67.4 Å². The maximum Gasteiger partial charge on any atom is 0.460 e. The number of rotatable bonds is 10. The minimum Gasteiger partial charge on any atom is -0.458 e. The van der Waals surface area contributed by atoms with Gasteiger partial charge in [0, 0.05) is 18.9 Å². The number of hydrogen-bond acceptors (Lipinski definition) is 4. The standard InChI is InChI=1S/C15H15F11O4/c1-7(2)9(27)29-6-8(30-10(28)11(3,16)17)4-5-12(18,19)13(20,21)14(22,23)15(24,25)26/h8H,1,4-6H2,2-3H3. The number of hydrogen-bond donors (Lipinski definition) is 0. The van der Waals surface area contributed by atoms with Gasteiger partial charge < -0.3 is 9.47 Å². The average molecular weight is 468 g/mol. The molecule has 0 saturated carbocycles. The van der Waals surface area contributed by atoms with Gasteiger partial charge in [0.2, 0.25) is 0 Å². The predicted octanol–water partition coefficient (Wildman–Crippen LogP) is 4.92. The molecule has 0 bridgehead atoms. The topological polar surface area (TPSA) is 52.6 Å². The first kappa shape index (κ1) is 27.9. The van der Waals surface area contributed by atoms with Crippen molar-refractivity contribution in [2.24, 2.45) is 0 Å². The van der Waals surface area contributed by atoms with Crippen molar-refractivity contribution in [2.45, 2.75) is 62.7 Å². The molecule has 0 fully saturated rings. The van der Waals surface area contributed by atoms with Crippen LogP contribution in [-0.4, -0.2) is 54.5 Å².